The highest BCUT2D eigenvalue weighted by atomic mass is 32.1. The standard InChI is InChI=1S/C41H28N2O2S/c1-3-42(27-15-11-24(2)12-16-27)28-17-20-35-34(23-28)41(45)33-9-6-8-32-39(33)43(35)36-21-25(14-19-31(36)40(32)44)26-13-18-30-29-7-4-5-10-37(29)46-38(30)22-26/h4-23H,3H2,1-2H3. The van der Waals surface area contributed by atoms with Gasteiger partial charge in [0.05, 0.1) is 16.6 Å². The summed E-state index contributed by atoms with van der Waals surface area (Å²) in [5.74, 6) is 0. The van der Waals surface area contributed by atoms with E-state index in [0.29, 0.717) is 27.1 Å². The van der Waals surface area contributed by atoms with Gasteiger partial charge in [0.1, 0.15) is 0 Å². The Hall–Kier alpha value is -5.52. The highest BCUT2D eigenvalue weighted by Gasteiger charge is 2.19. The van der Waals surface area contributed by atoms with Gasteiger partial charge in [-0.05, 0) is 91.7 Å². The Morgan fingerprint density at radius 1 is 0.565 bits per heavy atom. The second-order valence-electron chi connectivity index (χ2n) is 12.0. The average molecular weight is 613 g/mol. The van der Waals surface area contributed by atoms with Gasteiger partial charge in [-0.25, -0.2) is 0 Å². The van der Waals surface area contributed by atoms with E-state index in [0.717, 1.165) is 40.1 Å². The monoisotopic (exact) mass is 612 g/mol. The number of thiophene rings is 1. The first kappa shape index (κ1) is 26.8. The van der Waals surface area contributed by atoms with E-state index < -0.39 is 0 Å². The molecule has 220 valence electrons. The molecule has 4 nitrogen and oxygen atoms in total. The van der Waals surface area contributed by atoms with E-state index in [9.17, 15) is 9.59 Å². The first-order valence-electron chi connectivity index (χ1n) is 15.6. The van der Waals surface area contributed by atoms with Gasteiger partial charge in [-0.1, -0.05) is 60.2 Å². The molecule has 0 atom stereocenters. The molecule has 0 fully saturated rings. The van der Waals surface area contributed by atoms with Gasteiger partial charge in [0.15, 0.2) is 10.9 Å². The van der Waals surface area contributed by atoms with E-state index >= 15 is 0 Å². The summed E-state index contributed by atoms with van der Waals surface area (Å²) in [4.78, 5) is 30.3. The molecule has 0 N–H and O–H groups in total. The van der Waals surface area contributed by atoms with E-state index in [4.69, 9.17) is 0 Å². The normalized spacial score (nSPS) is 12.0. The van der Waals surface area contributed by atoms with Crippen molar-refractivity contribution in [1.29, 1.82) is 0 Å². The van der Waals surface area contributed by atoms with Crippen LogP contribution in [-0.2, 0) is 0 Å². The molecule has 3 aromatic heterocycles. The predicted octanol–water partition coefficient (Wildman–Crippen LogP) is 10.1. The molecule has 0 radical (unpaired) electrons. The first-order chi connectivity index (χ1) is 22.5. The average Bonchev–Trinajstić information content (AvgIpc) is 3.47. The first-order valence-corrected chi connectivity index (χ1v) is 16.4. The third-order valence-electron chi connectivity index (χ3n) is 9.38. The molecule has 0 saturated heterocycles. The number of aromatic nitrogens is 1. The second-order valence-corrected chi connectivity index (χ2v) is 13.1. The lowest BCUT2D eigenvalue weighted by atomic mass is 9.99. The Balaban J connectivity index is 1.32. The van der Waals surface area contributed by atoms with Crippen molar-refractivity contribution >= 4 is 81.0 Å². The highest BCUT2D eigenvalue weighted by molar-refractivity contribution is 7.25. The summed E-state index contributed by atoms with van der Waals surface area (Å²) >= 11 is 1.80. The van der Waals surface area contributed by atoms with Crippen molar-refractivity contribution in [3.8, 4) is 11.1 Å². The molecule has 0 unspecified atom stereocenters. The minimum atomic E-state index is -0.0625. The lowest BCUT2D eigenvalue weighted by Crippen LogP contribution is -2.17. The topological polar surface area (TPSA) is 41.8 Å². The van der Waals surface area contributed by atoms with Gasteiger partial charge in [0.25, 0.3) is 0 Å². The number of para-hydroxylation sites is 1. The molecule has 0 aliphatic heterocycles. The van der Waals surface area contributed by atoms with Crippen molar-refractivity contribution in [2.45, 2.75) is 13.8 Å². The number of fused-ring (bicyclic) bond motifs is 7. The number of pyridine rings is 2. The third-order valence-corrected chi connectivity index (χ3v) is 10.5. The molecule has 3 heterocycles. The maximum atomic E-state index is 14.1. The lowest BCUT2D eigenvalue weighted by molar-refractivity contribution is 1.02. The largest absolute Gasteiger partial charge is 0.342 e. The summed E-state index contributed by atoms with van der Waals surface area (Å²) in [6.07, 6.45) is 0. The van der Waals surface area contributed by atoms with Crippen molar-refractivity contribution in [3.05, 3.63) is 147 Å². The fraction of sp³-hybridized carbons (Fsp3) is 0.0732. The Kier molecular flexibility index (Phi) is 5.83. The smallest absolute Gasteiger partial charge is 0.197 e. The maximum Gasteiger partial charge on any atom is 0.197 e. The van der Waals surface area contributed by atoms with Gasteiger partial charge in [-0.2, -0.15) is 0 Å². The number of aryl methyl sites for hydroxylation is 1. The quantitative estimate of drug-likeness (QED) is 0.147. The molecule has 9 aromatic rings. The molecule has 46 heavy (non-hydrogen) atoms. The molecule has 9 rings (SSSR count). The van der Waals surface area contributed by atoms with Crippen LogP contribution in [0, 0.1) is 6.92 Å². The van der Waals surface area contributed by atoms with Gasteiger partial charge in [0.2, 0.25) is 0 Å². The number of rotatable bonds is 4. The van der Waals surface area contributed by atoms with E-state index in [1.54, 1.807) is 11.3 Å². The number of hydrogen-bond acceptors (Lipinski definition) is 4. The van der Waals surface area contributed by atoms with Crippen LogP contribution in [-0.4, -0.2) is 10.9 Å². The zero-order valence-electron chi connectivity index (χ0n) is 25.4. The summed E-state index contributed by atoms with van der Waals surface area (Å²) in [6, 6.07) is 41.3. The SMILES string of the molecule is CCN(c1ccc(C)cc1)c1ccc2c(c1)c(=O)c1cccc3c(=O)c4ccc(-c5ccc6c(c5)sc5ccccc56)cc4n2c13. The van der Waals surface area contributed by atoms with E-state index in [1.165, 1.54) is 25.7 Å². The summed E-state index contributed by atoms with van der Waals surface area (Å²) in [5, 5.41) is 4.90. The van der Waals surface area contributed by atoms with Crippen molar-refractivity contribution in [3.63, 3.8) is 0 Å². The Labute approximate surface area is 268 Å². The number of benzene rings is 6. The fourth-order valence-corrected chi connectivity index (χ4v) is 8.26. The van der Waals surface area contributed by atoms with Gasteiger partial charge in [0, 0.05) is 59.6 Å². The van der Waals surface area contributed by atoms with Crippen LogP contribution >= 0.6 is 11.3 Å². The zero-order chi connectivity index (χ0) is 31.1. The number of hydrogen-bond donors (Lipinski definition) is 0. The van der Waals surface area contributed by atoms with Crippen LogP contribution < -0.4 is 15.8 Å². The van der Waals surface area contributed by atoms with Crippen LogP contribution in [0.5, 0.6) is 0 Å². The molecule has 0 saturated carbocycles. The van der Waals surface area contributed by atoms with Crippen LogP contribution in [0.25, 0.3) is 69.4 Å². The molecule has 0 spiro atoms. The zero-order valence-corrected chi connectivity index (χ0v) is 26.2. The second kappa shape index (κ2) is 9.99. The third kappa shape index (κ3) is 3.85. The minimum Gasteiger partial charge on any atom is -0.342 e. The molecule has 0 aliphatic rings. The van der Waals surface area contributed by atoms with Gasteiger partial charge < -0.3 is 9.30 Å². The summed E-state index contributed by atoms with van der Waals surface area (Å²) in [7, 11) is 0. The van der Waals surface area contributed by atoms with E-state index in [-0.39, 0.29) is 10.9 Å². The number of anilines is 2. The minimum absolute atomic E-state index is 0.0565. The van der Waals surface area contributed by atoms with Gasteiger partial charge in [-0.3, -0.25) is 9.59 Å². The molecule has 6 aromatic carbocycles. The summed E-state index contributed by atoms with van der Waals surface area (Å²) in [5.41, 5.74) is 7.50. The van der Waals surface area contributed by atoms with Crippen LogP contribution in [0.2, 0.25) is 0 Å². The molecule has 0 amide bonds. The highest BCUT2D eigenvalue weighted by Crippen LogP contribution is 2.37. The molecule has 0 bridgehead atoms. The van der Waals surface area contributed by atoms with Crippen molar-refractivity contribution in [2.24, 2.45) is 0 Å². The molecule has 0 aliphatic carbocycles. The van der Waals surface area contributed by atoms with Crippen LogP contribution in [0.4, 0.5) is 11.4 Å². The Morgan fingerprint density at radius 3 is 2.00 bits per heavy atom. The molecule has 5 heteroatoms. The predicted molar refractivity (Wildman–Crippen MR) is 196 cm³/mol. The molecular formula is C41H28N2O2S. The lowest BCUT2D eigenvalue weighted by Gasteiger charge is -2.24. The van der Waals surface area contributed by atoms with Crippen LogP contribution in [0.15, 0.2) is 131 Å². The van der Waals surface area contributed by atoms with E-state index in [1.807, 2.05) is 42.5 Å². The van der Waals surface area contributed by atoms with Gasteiger partial charge in [-0.15, -0.1) is 11.3 Å². The van der Waals surface area contributed by atoms with Crippen molar-refractivity contribution < 1.29 is 0 Å². The number of nitrogens with zero attached hydrogens (tertiary/aromatic N) is 2. The Morgan fingerprint density at radius 2 is 1.22 bits per heavy atom. The van der Waals surface area contributed by atoms with Gasteiger partial charge >= 0.3 is 0 Å². The fourth-order valence-electron chi connectivity index (χ4n) is 7.11. The van der Waals surface area contributed by atoms with Crippen molar-refractivity contribution in [2.75, 3.05) is 11.4 Å². The maximum absolute atomic E-state index is 14.1. The van der Waals surface area contributed by atoms with Crippen molar-refractivity contribution in [1.82, 2.24) is 4.40 Å². The summed E-state index contributed by atoms with van der Waals surface area (Å²) in [6.45, 7) is 4.95. The molecular weight excluding hydrogens is 585 g/mol. The van der Waals surface area contributed by atoms with E-state index in [2.05, 4.69) is 102 Å². The summed E-state index contributed by atoms with van der Waals surface area (Å²) < 4.78 is 4.63. The van der Waals surface area contributed by atoms with Crippen LogP contribution in [0.1, 0.15) is 12.5 Å². The Bertz CT molecular complexity index is 2790. The van der Waals surface area contributed by atoms with Crippen LogP contribution in [0.3, 0.4) is 0 Å².